The summed E-state index contributed by atoms with van der Waals surface area (Å²) >= 11 is 6.10. The van der Waals surface area contributed by atoms with Crippen LogP contribution in [0.15, 0.2) is 24.3 Å². The van der Waals surface area contributed by atoms with Crippen molar-refractivity contribution in [3.05, 3.63) is 34.9 Å². The molecule has 2 heteroatoms. The van der Waals surface area contributed by atoms with Crippen molar-refractivity contribution in [3.8, 4) is 0 Å². The van der Waals surface area contributed by atoms with Crippen LogP contribution in [0, 0.1) is 29.1 Å². The molecule has 1 heterocycles. The van der Waals surface area contributed by atoms with Crippen LogP contribution in [0.25, 0.3) is 0 Å². The molecule has 5 saturated carbocycles. The third kappa shape index (κ3) is 2.10. The van der Waals surface area contributed by atoms with E-state index in [-0.39, 0.29) is 0 Å². The minimum absolute atomic E-state index is 0.479. The highest BCUT2D eigenvalue weighted by molar-refractivity contribution is 6.30. The normalized spacial score (nSPS) is 48.7. The summed E-state index contributed by atoms with van der Waals surface area (Å²) in [6.07, 6.45) is 10.8. The molecule has 128 valence electrons. The Balaban J connectivity index is 1.20. The molecule has 2 unspecified atom stereocenters. The molecule has 2 atom stereocenters. The van der Waals surface area contributed by atoms with E-state index in [4.69, 9.17) is 11.6 Å². The van der Waals surface area contributed by atoms with E-state index in [0.717, 1.165) is 28.7 Å². The van der Waals surface area contributed by atoms with Crippen LogP contribution < -0.4 is 0 Å². The molecule has 1 aromatic carbocycles. The fourth-order valence-corrected chi connectivity index (χ4v) is 8.02. The van der Waals surface area contributed by atoms with Crippen LogP contribution in [0.4, 0.5) is 0 Å². The van der Waals surface area contributed by atoms with Crippen LogP contribution in [0.1, 0.15) is 50.5 Å². The Labute approximate surface area is 150 Å². The summed E-state index contributed by atoms with van der Waals surface area (Å²) < 4.78 is 0. The minimum atomic E-state index is 0.479. The molecule has 6 fully saturated rings. The summed E-state index contributed by atoms with van der Waals surface area (Å²) in [5.74, 6) is 4.16. The van der Waals surface area contributed by atoms with E-state index >= 15 is 0 Å². The van der Waals surface area contributed by atoms with Gasteiger partial charge < -0.3 is 4.90 Å². The second kappa shape index (κ2) is 4.80. The number of benzene rings is 1. The lowest BCUT2D eigenvalue weighted by atomic mass is 9.49. The van der Waals surface area contributed by atoms with E-state index in [2.05, 4.69) is 29.2 Å². The second-order valence-electron chi connectivity index (χ2n) is 10.2. The maximum absolute atomic E-state index is 6.10. The van der Waals surface area contributed by atoms with Crippen molar-refractivity contribution >= 4 is 11.6 Å². The van der Waals surface area contributed by atoms with Crippen molar-refractivity contribution in [2.24, 2.45) is 29.1 Å². The average molecular weight is 342 g/mol. The van der Waals surface area contributed by atoms with Crippen LogP contribution in [0.2, 0.25) is 5.02 Å². The summed E-state index contributed by atoms with van der Waals surface area (Å²) in [7, 11) is 0. The summed E-state index contributed by atoms with van der Waals surface area (Å²) in [6.45, 7) is 4.06. The Hall–Kier alpha value is -0.530. The van der Waals surface area contributed by atoms with Gasteiger partial charge in [-0.25, -0.2) is 0 Å². The Morgan fingerprint density at radius 1 is 0.917 bits per heavy atom. The quantitative estimate of drug-likeness (QED) is 0.736. The largest absolute Gasteiger partial charge is 0.302 e. The van der Waals surface area contributed by atoms with Gasteiger partial charge in [-0.15, -0.1) is 0 Å². The molecule has 1 saturated heterocycles. The Morgan fingerprint density at radius 2 is 1.54 bits per heavy atom. The first kappa shape index (κ1) is 14.6. The molecule has 0 radical (unpaired) electrons. The summed E-state index contributed by atoms with van der Waals surface area (Å²) in [4.78, 5) is 2.86. The van der Waals surface area contributed by atoms with Gasteiger partial charge in [-0.1, -0.05) is 23.7 Å². The molecule has 7 rings (SSSR count). The van der Waals surface area contributed by atoms with E-state index in [0.29, 0.717) is 10.8 Å². The zero-order chi connectivity index (χ0) is 15.9. The van der Waals surface area contributed by atoms with Gasteiger partial charge in [0.05, 0.1) is 0 Å². The van der Waals surface area contributed by atoms with Crippen molar-refractivity contribution < 1.29 is 0 Å². The molecule has 0 spiro atoms. The summed E-state index contributed by atoms with van der Waals surface area (Å²) in [5, 5.41) is 0.871. The first-order valence-corrected chi connectivity index (χ1v) is 10.5. The molecular formula is C22H28ClN. The monoisotopic (exact) mass is 341 g/mol. The Morgan fingerprint density at radius 3 is 2.17 bits per heavy atom. The molecule has 4 bridgehead atoms. The molecule has 24 heavy (non-hydrogen) atoms. The van der Waals surface area contributed by atoms with E-state index < -0.39 is 0 Å². The lowest BCUT2D eigenvalue weighted by Gasteiger charge is -2.58. The van der Waals surface area contributed by atoms with Gasteiger partial charge in [0.2, 0.25) is 0 Å². The molecule has 1 nitrogen and oxygen atoms in total. The van der Waals surface area contributed by atoms with Gasteiger partial charge in [0.1, 0.15) is 0 Å². The van der Waals surface area contributed by atoms with E-state index in [1.807, 2.05) is 0 Å². The van der Waals surface area contributed by atoms with Gasteiger partial charge >= 0.3 is 0 Å². The number of hydrogen-bond donors (Lipinski definition) is 0. The Bertz CT molecular complexity index is 630. The van der Waals surface area contributed by atoms with E-state index in [1.54, 1.807) is 44.1 Å². The average Bonchev–Trinajstić information content (AvgIpc) is 3.08. The molecule has 0 aromatic heterocycles. The highest BCUT2D eigenvalue weighted by Gasteiger charge is 2.61. The highest BCUT2D eigenvalue weighted by Crippen LogP contribution is 2.63. The maximum Gasteiger partial charge on any atom is 0.0406 e. The van der Waals surface area contributed by atoms with Crippen molar-refractivity contribution in [1.29, 1.82) is 0 Å². The molecule has 6 aliphatic rings. The minimum Gasteiger partial charge on any atom is -0.302 e. The number of nitrogens with zero attached hydrogens (tertiary/aromatic N) is 1. The van der Waals surface area contributed by atoms with Gasteiger partial charge in [-0.3, -0.25) is 0 Å². The van der Waals surface area contributed by atoms with Crippen LogP contribution in [-0.2, 0) is 5.41 Å². The summed E-state index contributed by atoms with van der Waals surface area (Å²) in [6, 6.07) is 8.75. The van der Waals surface area contributed by atoms with Gasteiger partial charge in [0, 0.05) is 30.1 Å². The molecule has 1 aromatic rings. The Kier molecular flexibility index (Phi) is 2.92. The second-order valence-corrected chi connectivity index (χ2v) is 10.6. The van der Waals surface area contributed by atoms with Crippen LogP contribution in [-0.4, -0.2) is 24.5 Å². The smallest absolute Gasteiger partial charge is 0.0406 e. The van der Waals surface area contributed by atoms with Gasteiger partial charge in [-0.05, 0) is 91.7 Å². The van der Waals surface area contributed by atoms with Gasteiger partial charge in [0.15, 0.2) is 0 Å². The number of rotatable bonds is 3. The van der Waals surface area contributed by atoms with Crippen molar-refractivity contribution in [2.75, 3.05) is 19.6 Å². The molecule has 0 N–H and O–H groups in total. The SMILES string of the molecule is Clc1ccc(C23CC2CN(CC24CC5CC(CC(C5)C2)C4)C3)cc1. The van der Waals surface area contributed by atoms with E-state index in [1.165, 1.54) is 26.1 Å². The lowest BCUT2D eigenvalue weighted by molar-refractivity contribution is -0.0678. The van der Waals surface area contributed by atoms with E-state index in [9.17, 15) is 0 Å². The van der Waals surface area contributed by atoms with Crippen LogP contribution in [0.3, 0.4) is 0 Å². The highest BCUT2D eigenvalue weighted by atomic mass is 35.5. The van der Waals surface area contributed by atoms with Crippen molar-refractivity contribution in [1.82, 2.24) is 4.90 Å². The van der Waals surface area contributed by atoms with Crippen LogP contribution >= 0.6 is 11.6 Å². The predicted octanol–water partition coefficient (Wildman–Crippen LogP) is 5.13. The number of halogens is 1. The first-order valence-electron chi connectivity index (χ1n) is 10.1. The summed E-state index contributed by atoms with van der Waals surface area (Å²) in [5.41, 5.74) is 2.73. The molecule has 5 aliphatic carbocycles. The molecule has 1 aliphatic heterocycles. The third-order valence-corrected chi connectivity index (χ3v) is 8.61. The first-order chi connectivity index (χ1) is 11.6. The van der Waals surface area contributed by atoms with Gasteiger partial charge in [-0.2, -0.15) is 0 Å². The zero-order valence-corrected chi connectivity index (χ0v) is 15.3. The number of piperidine rings is 1. The number of fused-ring (bicyclic) bond motifs is 1. The maximum atomic E-state index is 6.10. The van der Waals surface area contributed by atoms with Crippen LogP contribution in [0.5, 0.6) is 0 Å². The van der Waals surface area contributed by atoms with Crippen molar-refractivity contribution in [3.63, 3.8) is 0 Å². The fraction of sp³-hybridized carbons (Fsp3) is 0.727. The molecular weight excluding hydrogens is 314 g/mol. The standard InChI is InChI=1S/C22H28ClN/c23-20-3-1-18(2-4-20)22-11-19(22)12-24(14-22)13-21-8-15-5-16(9-21)7-17(6-15)10-21/h1-4,15-17,19H,5-14H2. The van der Waals surface area contributed by atoms with Gasteiger partial charge in [0.25, 0.3) is 0 Å². The predicted molar refractivity (Wildman–Crippen MR) is 98.3 cm³/mol. The zero-order valence-electron chi connectivity index (χ0n) is 14.5. The topological polar surface area (TPSA) is 3.24 Å². The number of likely N-dealkylation sites (tertiary alicyclic amines) is 1. The lowest BCUT2D eigenvalue weighted by Crippen LogP contribution is -2.51. The van der Waals surface area contributed by atoms with Crippen molar-refractivity contribution in [2.45, 2.75) is 50.4 Å². The number of hydrogen-bond acceptors (Lipinski definition) is 1. The molecule has 0 amide bonds. The third-order valence-electron chi connectivity index (χ3n) is 8.36. The fourth-order valence-electron chi connectivity index (χ4n) is 7.89.